The van der Waals surface area contributed by atoms with Crippen molar-refractivity contribution >= 4 is 0 Å². The van der Waals surface area contributed by atoms with Crippen LogP contribution in [-0.4, -0.2) is 71.2 Å². The Labute approximate surface area is 144 Å². The minimum Gasteiger partial charge on any atom is -0.491 e. The van der Waals surface area contributed by atoms with Gasteiger partial charge in [0.2, 0.25) is 0 Å². The molecule has 0 saturated carbocycles. The van der Waals surface area contributed by atoms with Crippen LogP contribution in [0.15, 0.2) is 24.3 Å². The summed E-state index contributed by atoms with van der Waals surface area (Å²) in [6.07, 6.45) is 0.959. The van der Waals surface area contributed by atoms with Crippen molar-refractivity contribution in [1.82, 2.24) is 0 Å². The van der Waals surface area contributed by atoms with Crippen LogP contribution in [0.2, 0.25) is 0 Å². The Hall–Kier alpha value is -1.18. The molecule has 0 aliphatic carbocycles. The fraction of sp³-hybridized carbons (Fsp3) is 0.667. The van der Waals surface area contributed by atoms with Crippen LogP contribution in [-0.2, 0) is 25.4 Å². The van der Waals surface area contributed by atoms with E-state index in [1.807, 2.05) is 18.2 Å². The van der Waals surface area contributed by atoms with E-state index in [1.165, 1.54) is 5.56 Å². The maximum Gasteiger partial charge on any atom is 0.122 e. The predicted molar refractivity (Wildman–Crippen MR) is 91.7 cm³/mol. The first-order chi connectivity index (χ1) is 11.9. The number of aryl methyl sites for hydroxylation is 1. The van der Waals surface area contributed by atoms with E-state index in [0.717, 1.165) is 12.2 Å². The van der Waals surface area contributed by atoms with E-state index in [2.05, 4.69) is 13.0 Å². The zero-order valence-corrected chi connectivity index (χ0v) is 14.6. The van der Waals surface area contributed by atoms with Gasteiger partial charge in [-0.05, 0) is 18.1 Å². The molecule has 0 heterocycles. The Morgan fingerprint density at radius 3 is 1.75 bits per heavy atom. The lowest BCUT2D eigenvalue weighted by Crippen LogP contribution is -2.14. The maximum atomic E-state index is 8.52. The van der Waals surface area contributed by atoms with Crippen LogP contribution >= 0.6 is 0 Å². The Morgan fingerprint density at radius 2 is 1.21 bits per heavy atom. The van der Waals surface area contributed by atoms with E-state index in [1.54, 1.807) is 0 Å². The van der Waals surface area contributed by atoms with E-state index < -0.39 is 0 Å². The van der Waals surface area contributed by atoms with Crippen molar-refractivity contribution in [3.05, 3.63) is 29.8 Å². The van der Waals surface area contributed by atoms with Gasteiger partial charge in [-0.3, -0.25) is 0 Å². The van der Waals surface area contributed by atoms with Crippen molar-refractivity contribution in [3.63, 3.8) is 0 Å². The maximum absolute atomic E-state index is 8.52. The molecule has 1 rings (SSSR count). The number of hydrogen-bond acceptors (Lipinski definition) is 6. The van der Waals surface area contributed by atoms with E-state index in [-0.39, 0.29) is 6.61 Å². The topological polar surface area (TPSA) is 66.4 Å². The smallest absolute Gasteiger partial charge is 0.122 e. The largest absolute Gasteiger partial charge is 0.491 e. The molecule has 138 valence electrons. The van der Waals surface area contributed by atoms with Crippen molar-refractivity contribution < 1.29 is 28.8 Å². The van der Waals surface area contributed by atoms with Crippen LogP contribution in [0.4, 0.5) is 0 Å². The molecule has 1 N–H and O–H groups in total. The van der Waals surface area contributed by atoms with Gasteiger partial charge >= 0.3 is 0 Å². The zero-order valence-electron chi connectivity index (χ0n) is 14.6. The molecule has 0 bridgehead atoms. The fourth-order valence-corrected chi connectivity index (χ4v) is 1.97. The average Bonchev–Trinajstić information content (AvgIpc) is 2.62. The van der Waals surface area contributed by atoms with Crippen molar-refractivity contribution in [2.24, 2.45) is 0 Å². The van der Waals surface area contributed by atoms with Crippen molar-refractivity contribution in [2.75, 3.05) is 66.1 Å². The van der Waals surface area contributed by atoms with E-state index in [9.17, 15) is 0 Å². The van der Waals surface area contributed by atoms with Crippen molar-refractivity contribution in [1.29, 1.82) is 0 Å². The molecule has 24 heavy (non-hydrogen) atoms. The average molecular weight is 342 g/mol. The van der Waals surface area contributed by atoms with Gasteiger partial charge in [-0.15, -0.1) is 0 Å². The Balaban J connectivity index is 1.84. The highest BCUT2D eigenvalue weighted by atomic mass is 16.6. The third-order valence-electron chi connectivity index (χ3n) is 3.19. The SMILES string of the molecule is CCc1ccccc1OCCOCCOCCOCCOCCO. The molecule has 0 aromatic heterocycles. The molecule has 6 nitrogen and oxygen atoms in total. The summed E-state index contributed by atoms with van der Waals surface area (Å²) in [5.41, 5.74) is 1.21. The number of ether oxygens (including phenoxy) is 5. The molecule has 0 radical (unpaired) electrons. The number of rotatable bonds is 16. The summed E-state index contributed by atoms with van der Waals surface area (Å²) in [5, 5.41) is 8.52. The Bertz CT molecular complexity index is 399. The molecule has 0 aliphatic heterocycles. The highest BCUT2D eigenvalue weighted by molar-refractivity contribution is 5.33. The second kappa shape index (κ2) is 15.4. The first-order valence-corrected chi connectivity index (χ1v) is 8.51. The molecule has 1 aromatic rings. The third kappa shape index (κ3) is 10.6. The molecule has 0 aliphatic rings. The highest BCUT2D eigenvalue weighted by Gasteiger charge is 2.00. The van der Waals surface area contributed by atoms with Crippen LogP contribution in [0.3, 0.4) is 0 Å². The second-order valence-electron chi connectivity index (χ2n) is 4.98. The molecule has 1 aromatic carbocycles. The monoisotopic (exact) mass is 342 g/mol. The van der Waals surface area contributed by atoms with Crippen molar-refractivity contribution in [3.8, 4) is 5.75 Å². The minimum atomic E-state index is 0.0409. The molecular formula is C18H30O6. The molecule has 6 heteroatoms. The van der Waals surface area contributed by atoms with Crippen LogP contribution in [0.25, 0.3) is 0 Å². The highest BCUT2D eigenvalue weighted by Crippen LogP contribution is 2.17. The van der Waals surface area contributed by atoms with Gasteiger partial charge < -0.3 is 28.8 Å². The number of hydrogen-bond donors (Lipinski definition) is 1. The molecule has 0 atom stereocenters. The molecule has 0 saturated heterocycles. The predicted octanol–water partition coefficient (Wildman–Crippen LogP) is 1.69. The zero-order chi connectivity index (χ0) is 17.3. The number of para-hydroxylation sites is 1. The van der Waals surface area contributed by atoms with Gasteiger partial charge in [-0.25, -0.2) is 0 Å². The molecule has 0 spiro atoms. The van der Waals surface area contributed by atoms with Crippen LogP contribution in [0.5, 0.6) is 5.75 Å². The van der Waals surface area contributed by atoms with Crippen molar-refractivity contribution in [2.45, 2.75) is 13.3 Å². The normalized spacial score (nSPS) is 10.9. The standard InChI is InChI=1S/C18H30O6/c1-2-17-5-3-4-6-18(17)24-16-15-23-14-13-22-12-11-21-10-9-20-8-7-19/h3-6,19H,2,7-16H2,1H3. The van der Waals surface area contributed by atoms with Gasteiger partial charge in [-0.1, -0.05) is 25.1 Å². The van der Waals surface area contributed by atoms with Gasteiger partial charge in [0.1, 0.15) is 12.4 Å². The fourth-order valence-electron chi connectivity index (χ4n) is 1.97. The van der Waals surface area contributed by atoms with Crippen LogP contribution in [0.1, 0.15) is 12.5 Å². The van der Waals surface area contributed by atoms with E-state index in [4.69, 9.17) is 28.8 Å². The number of benzene rings is 1. The summed E-state index contributed by atoms with van der Waals surface area (Å²) in [6, 6.07) is 8.05. The van der Waals surface area contributed by atoms with Gasteiger partial charge in [0.25, 0.3) is 0 Å². The summed E-state index contributed by atoms with van der Waals surface area (Å²) in [4.78, 5) is 0. The summed E-state index contributed by atoms with van der Waals surface area (Å²) in [7, 11) is 0. The molecule has 0 fully saturated rings. The lowest BCUT2D eigenvalue weighted by Gasteiger charge is -2.10. The van der Waals surface area contributed by atoms with E-state index in [0.29, 0.717) is 59.5 Å². The molecule has 0 unspecified atom stereocenters. The Morgan fingerprint density at radius 1 is 0.708 bits per heavy atom. The first-order valence-electron chi connectivity index (χ1n) is 8.51. The number of aliphatic hydroxyl groups excluding tert-OH is 1. The summed E-state index contributed by atoms with van der Waals surface area (Å²) < 4.78 is 26.9. The van der Waals surface area contributed by atoms with E-state index >= 15 is 0 Å². The second-order valence-corrected chi connectivity index (χ2v) is 4.98. The van der Waals surface area contributed by atoms with Crippen LogP contribution < -0.4 is 4.74 Å². The Kier molecular flexibility index (Phi) is 13.3. The quantitative estimate of drug-likeness (QED) is 0.461. The molecule has 0 amide bonds. The lowest BCUT2D eigenvalue weighted by atomic mass is 10.1. The summed E-state index contributed by atoms with van der Waals surface area (Å²) in [5.74, 6) is 0.931. The summed E-state index contributed by atoms with van der Waals surface area (Å²) in [6.45, 7) is 6.72. The minimum absolute atomic E-state index is 0.0409. The van der Waals surface area contributed by atoms with Gasteiger partial charge in [0.15, 0.2) is 0 Å². The van der Waals surface area contributed by atoms with Crippen LogP contribution in [0, 0.1) is 0 Å². The summed E-state index contributed by atoms with van der Waals surface area (Å²) >= 11 is 0. The third-order valence-corrected chi connectivity index (χ3v) is 3.19. The first kappa shape index (κ1) is 20.9. The van der Waals surface area contributed by atoms with Gasteiger partial charge in [0.05, 0.1) is 59.5 Å². The van der Waals surface area contributed by atoms with Gasteiger partial charge in [0, 0.05) is 0 Å². The molecular weight excluding hydrogens is 312 g/mol. The number of aliphatic hydroxyl groups is 1. The lowest BCUT2D eigenvalue weighted by molar-refractivity contribution is -0.00781. The van der Waals surface area contributed by atoms with Gasteiger partial charge in [-0.2, -0.15) is 0 Å².